The van der Waals surface area contributed by atoms with E-state index < -0.39 is 23.3 Å². The molecule has 0 aliphatic rings. The number of aromatic carboxylic acids is 1. The van der Waals surface area contributed by atoms with Crippen LogP contribution in [0.25, 0.3) is 11.0 Å². The van der Waals surface area contributed by atoms with Gasteiger partial charge in [-0.15, -0.1) is 0 Å². The summed E-state index contributed by atoms with van der Waals surface area (Å²) in [5, 5.41) is 23.3. The Balaban J connectivity index is 1.88. The van der Waals surface area contributed by atoms with Crippen molar-refractivity contribution in [1.29, 1.82) is 0 Å². The number of carboxylic acid groups (broad SMARTS) is 1. The molecule has 0 radical (unpaired) electrons. The second-order valence-electron chi connectivity index (χ2n) is 5.46. The number of hydrogen-bond donors (Lipinski definition) is 4. The molecule has 0 atom stereocenters. The minimum Gasteiger partial charge on any atom is -0.506 e. The van der Waals surface area contributed by atoms with Crippen LogP contribution in [0.15, 0.2) is 41.5 Å². The maximum Gasteiger partial charge on any atom is 0.339 e. The number of phenols is 1. The van der Waals surface area contributed by atoms with Crippen LogP contribution in [-0.2, 0) is 4.74 Å². The molecule has 0 amide bonds. The van der Waals surface area contributed by atoms with Crippen LogP contribution in [0.3, 0.4) is 0 Å². The fourth-order valence-electron chi connectivity index (χ4n) is 2.42. The number of imidazole rings is 1. The minimum atomic E-state index is -1.38. The number of rotatable bonds is 6. The first-order valence-electron chi connectivity index (χ1n) is 8.01. The van der Waals surface area contributed by atoms with Crippen molar-refractivity contribution in [3.8, 4) is 5.75 Å². The third kappa shape index (κ3) is 3.87. The number of ether oxygens (including phenoxy) is 1. The Hall–Kier alpha value is -3.88. The predicted octanol–water partition coefficient (Wildman–Crippen LogP) is 2.59. The van der Waals surface area contributed by atoms with Gasteiger partial charge in [0.2, 0.25) is 5.95 Å². The van der Waals surface area contributed by atoms with Crippen molar-refractivity contribution in [3.05, 3.63) is 53.1 Å². The van der Waals surface area contributed by atoms with Crippen LogP contribution in [0.4, 0.5) is 5.95 Å². The number of para-hydroxylation sites is 2. The average Bonchev–Trinajstić information content (AvgIpc) is 3.05. The summed E-state index contributed by atoms with van der Waals surface area (Å²) in [5.41, 5.74) is 3.84. The van der Waals surface area contributed by atoms with E-state index in [9.17, 15) is 19.8 Å². The SMILES string of the molecule is CCOC(=O)c1cc(/C=N/Nc2nc3ccccc3[nH]2)c(O)c(C(=O)O)c1. The minimum absolute atomic E-state index is 0.00256. The number of carbonyl (C=O) groups excluding carboxylic acids is 1. The van der Waals surface area contributed by atoms with Crippen LogP contribution in [0.5, 0.6) is 5.75 Å². The lowest BCUT2D eigenvalue weighted by Crippen LogP contribution is -2.09. The van der Waals surface area contributed by atoms with Gasteiger partial charge in [-0.1, -0.05) is 12.1 Å². The smallest absolute Gasteiger partial charge is 0.339 e. The van der Waals surface area contributed by atoms with Crippen molar-refractivity contribution in [2.75, 3.05) is 12.0 Å². The number of nitrogens with zero attached hydrogens (tertiary/aromatic N) is 2. The van der Waals surface area contributed by atoms with E-state index in [2.05, 4.69) is 20.5 Å². The average molecular weight is 368 g/mol. The van der Waals surface area contributed by atoms with Crippen molar-refractivity contribution < 1.29 is 24.5 Å². The number of hydrazone groups is 1. The zero-order valence-corrected chi connectivity index (χ0v) is 14.3. The number of hydrogen-bond acceptors (Lipinski definition) is 7. The lowest BCUT2D eigenvalue weighted by atomic mass is 10.0. The number of H-pyrrole nitrogens is 1. The third-order valence-corrected chi connectivity index (χ3v) is 3.64. The monoisotopic (exact) mass is 368 g/mol. The zero-order chi connectivity index (χ0) is 19.4. The zero-order valence-electron chi connectivity index (χ0n) is 14.3. The molecular formula is C18H16N4O5. The fraction of sp³-hybridized carbons (Fsp3) is 0.111. The quantitative estimate of drug-likeness (QED) is 0.298. The third-order valence-electron chi connectivity index (χ3n) is 3.64. The van der Waals surface area contributed by atoms with Crippen molar-refractivity contribution in [2.24, 2.45) is 5.10 Å². The number of benzene rings is 2. The number of esters is 1. The van der Waals surface area contributed by atoms with Crippen molar-refractivity contribution >= 4 is 35.1 Å². The van der Waals surface area contributed by atoms with Gasteiger partial charge in [-0.2, -0.15) is 5.10 Å². The van der Waals surface area contributed by atoms with Gasteiger partial charge in [-0.3, -0.25) is 0 Å². The van der Waals surface area contributed by atoms with Crippen LogP contribution in [0.1, 0.15) is 33.2 Å². The number of aromatic nitrogens is 2. The highest BCUT2D eigenvalue weighted by Crippen LogP contribution is 2.24. The fourth-order valence-corrected chi connectivity index (χ4v) is 2.42. The van der Waals surface area contributed by atoms with Gasteiger partial charge in [0, 0.05) is 5.56 Å². The Kier molecular flexibility index (Phi) is 5.02. The van der Waals surface area contributed by atoms with E-state index in [4.69, 9.17) is 4.74 Å². The topological polar surface area (TPSA) is 137 Å². The number of carbonyl (C=O) groups is 2. The second-order valence-corrected chi connectivity index (χ2v) is 5.46. The Morgan fingerprint density at radius 1 is 1.33 bits per heavy atom. The van der Waals surface area contributed by atoms with Crippen molar-refractivity contribution in [1.82, 2.24) is 9.97 Å². The molecule has 2 aromatic carbocycles. The van der Waals surface area contributed by atoms with Crippen molar-refractivity contribution in [2.45, 2.75) is 6.92 Å². The maximum atomic E-state index is 11.9. The molecule has 9 nitrogen and oxygen atoms in total. The highest BCUT2D eigenvalue weighted by molar-refractivity contribution is 6.01. The van der Waals surface area contributed by atoms with Gasteiger partial charge in [-0.25, -0.2) is 20.0 Å². The molecule has 0 aliphatic heterocycles. The molecule has 0 saturated carbocycles. The van der Waals surface area contributed by atoms with Gasteiger partial charge in [-0.05, 0) is 31.2 Å². The molecule has 138 valence electrons. The molecule has 0 spiro atoms. The summed E-state index contributed by atoms with van der Waals surface area (Å²) >= 11 is 0. The lowest BCUT2D eigenvalue weighted by Gasteiger charge is -2.08. The number of fused-ring (bicyclic) bond motifs is 1. The van der Waals surface area contributed by atoms with Gasteiger partial charge in [0.05, 0.1) is 29.4 Å². The Morgan fingerprint density at radius 2 is 2.11 bits per heavy atom. The first-order valence-corrected chi connectivity index (χ1v) is 8.01. The molecule has 1 aromatic heterocycles. The largest absolute Gasteiger partial charge is 0.506 e. The summed E-state index contributed by atoms with van der Waals surface area (Å²) in [6, 6.07) is 9.74. The predicted molar refractivity (Wildman–Crippen MR) is 98.3 cm³/mol. The molecule has 0 unspecified atom stereocenters. The Labute approximate surface area is 153 Å². The molecule has 9 heteroatoms. The first kappa shape index (κ1) is 17.9. The van der Waals surface area contributed by atoms with E-state index in [-0.39, 0.29) is 17.7 Å². The number of carboxylic acids is 1. The number of aromatic hydroxyl groups is 1. The van der Waals surface area contributed by atoms with Crippen molar-refractivity contribution in [3.63, 3.8) is 0 Å². The Morgan fingerprint density at radius 3 is 2.81 bits per heavy atom. The molecule has 0 aliphatic carbocycles. The summed E-state index contributed by atoms with van der Waals surface area (Å²) in [6.45, 7) is 1.77. The normalized spacial score (nSPS) is 11.0. The summed E-state index contributed by atoms with van der Waals surface area (Å²) in [6.07, 6.45) is 1.19. The Bertz CT molecular complexity index is 1010. The van der Waals surface area contributed by atoms with Crippen LogP contribution >= 0.6 is 0 Å². The molecule has 4 N–H and O–H groups in total. The van der Waals surface area contributed by atoms with Gasteiger partial charge >= 0.3 is 11.9 Å². The summed E-state index contributed by atoms with van der Waals surface area (Å²) in [4.78, 5) is 30.5. The van der Waals surface area contributed by atoms with Crippen LogP contribution in [0.2, 0.25) is 0 Å². The summed E-state index contributed by atoms with van der Waals surface area (Å²) in [5.74, 6) is -2.21. The molecule has 0 bridgehead atoms. The van der Waals surface area contributed by atoms with Gasteiger partial charge in [0.15, 0.2) is 0 Å². The van der Waals surface area contributed by atoms with E-state index in [1.807, 2.05) is 24.3 Å². The summed E-state index contributed by atoms with van der Waals surface area (Å²) in [7, 11) is 0. The maximum absolute atomic E-state index is 11.9. The van der Waals surface area contributed by atoms with Gasteiger partial charge in [0.1, 0.15) is 11.3 Å². The van der Waals surface area contributed by atoms with E-state index >= 15 is 0 Å². The molecule has 0 fully saturated rings. The highest BCUT2D eigenvalue weighted by Gasteiger charge is 2.18. The van der Waals surface area contributed by atoms with E-state index in [1.165, 1.54) is 12.3 Å². The number of nitrogens with one attached hydrogen (secondary N) is 2. The van der Waals surface area contributed by atoms with Crippen LogP contribution in [0, 0.1) is 0 Å². The molecule has 0 saturated heterocycles. The van der Waals surface area contributed by atoms with Gasteiger partial charge < -0.3 is 19.9 Å². The number of anilines is 1. The van der Waals surface area contributed by atoms with E-state index in [0.29, 0.717) is 5.95 Å². The molecule has 27 heavy (non-hydrogen) atoms. The first-order chi connectivity index (χ1) is 13.0. The number of aromatic amines is 1. The van der Waals surface area contributed by atoms with E-state index in [0.717, 1.165) is 17.1 Å². The van der Waals surface area contributed by atoms with Gasteiger partial charge in [0.25, 0.3) is 0 Å². The van der Waals surface area contributed by atoms with Crippen LogP contribution in [-0.4, -0.2) is 44.9 Å². The highest BCUT2D eigenvalue weighted by atomic mass is 16.5. The lowest BCUT2D eigenvalue weighted by molar-refractivity contribution is 0.0526. The summed E-state index contributed by atoms with van der Waals surface area (Å²) < 4.78 is 4.88. The standard InChI is InChI=1S/C18H16N4O5/c1-2-27-17(26)10-7-11(15(23)12(8-10)16(24)25)9-19-22-18-20-13-5-3-4-6-14(13)21-18/h3-9,23H,2H2,1H3,(H,24,25)(H2,20,21,22)/b19-9+. The molecule has 3 aromatic rings. The molecule has 3 rings (SSSR count). The molecular weight excluding hydrogens is 352 g/mol. The van der Waals surface area contributed by atoms with E-state index in [1.54, 1.807) is 6.92 Å². The van der Waals surface area contributed by atoms with Crippen LogP contribution < -0.4 is 5.43 Å². The molecule has 1 heterocycles. The second kappa shape index (κ2) is 7.56.